The zero-order valence-corrected chi connectivity index (χ0v) is 14.9. The minimum Gasteiger partial charge on any atom is -0.188 e. The molecule has 2 rings (SSSR count). The molecule has 0 N–H and O–H groups in total. The van der Waals surface area contributed by atoms with E-state index in [0.29, 0.717) is 11.1 Å². The predicted molar refractivity (Wildman–Crippen MR) is 87.0 cm³/mol. The second-order valence-electron chi connectivity index (χ2n) is 5.49. The highest BCUT2D eigenvalue weighted by molar-refractivity contribution is 8.00. The zero-order chi connectivity index (χ0) is 19.9. The second-order valence-corrected chi connectivity index (χ2v) is 7.05. The van der Waals surface area contributed by atoms with Crippen molar-refractivity contribution in [2.24, 2.45) is 0 Å². The van der Waals surface area contributed by atoms with E-state index in [2.05, 4.69) is 6.07 Å². The Morgan fingerprint density at radius 1 is 0.962 bits per heavy atom. The molecular formula is C17H11ClF7S. The zero-order valence-electron chi connectivity index (χ0n) is 13.3. The number of aryl methyl sites for hydroxylation is 2. The highest BCUT2D eigenvalue weighted by Crippen LogP contribution is 2.55. The summed E-state index contributed by atoms with van der Waals surface area (Å²) in [6, 6.07) is 9.93. The van der Waals surface area contributed by atoms with Gasteiger partial charge in [-0.15, -0.1) is 0 Å². The third-order valence-electron chi connectivity index (χ3n) is 3.46. The molecule has 26 heavy (non-hydrogen) atoms. The van der Waals surface area contributed by atoms with Gasteiger partial charge in [-0.25, -0.2) is 0 Å². The van der Waals surface area contributed by atoms with Crippen LogP contribution in [-0.2, 0) is 0 Å². The Bertz CT molecular complexity index is 815. The molecule has 0 unspecified atom stereocenters. The lowest BCUT2D eigenvalue weighted by Crippen LogP contribution is -2.49. The molecule has 0 aliphatic rings. The van der Waals surface area contributed by atoms with Gasteiger partial charge in [-0.1, -0.05) is 29.8 Å². The number of benzene rings is 2. The fourth-order valence-electron chi connectivity index (χ4n) is 2.29. The fraction of sp³-hybridized carbons (Fsp3) is 0.294. The molecule has 0 saturated heterocycles. The van der Waals surface area contributed by atoms with Crippen LogP contribution in [-0.4, -0.2) is 17.4 Å². The van der Waals surface area contributed by atoms with E-state index in [9.17, 15) is 30.7 Å². The number of hydrogen-bond donors (Lipinski definition) is 0. The van der Waals surface area contributed by atoms with Crippen LogP contribution >= 0.6 is 23.4 Å². The van der Waals surface area contributed by atoms with Crippen molar-refractivity contribution in [3.8, 4) is 11.1 Å². The van der Waals surface area contributed by atoms with Crippen LogP contribution in [0.2, 0.25) is 5.02 Å². The Labute approximate surface area is 154 Å². The van der Waals surface area contributed by atoms with Gasteiger partial charge in [0.2, 0.25) is 0 Å². The van der Waals surface area contributed by atoms with E-state index in [1.165, 1.54) is 32.0 Å². The minimum absolute atomic E-state index is 0.0313. The van der Waals surface area contributed by atoms with Gasteiger partial charge >= 0.3 is 17.4 Å². The molecule has 0 amide bonds. The quantitative estimate of drug-likeness (QED) is 0.373. The predicted octanol–water partition coefficient (Wildman–Crippen LogP) is 7.31. The number of thioether (sulfide) groups is 1. The van der Waals surface area contributed by atoms with Gasteiger partial charge in [0, 0.05) is 21.0 Å². The average Bonchev–Trinajstić information content (AvgIpc) is 2.46. The molecule has 0 nitrogen and oxygen atoms in total. The standard InChI is InChI=1S/C17H11ClF7S/c1-9-7-10(2)14(11-5-3-4-6-12(11)18)13(8-9)26-17(24,25)15(19,20)16(21,22)23/h3-6,8H,1-2H3. The summed E-state index contributed by atoms with van der Waals surface area (Å²) in [5.41, 5.74) is 0.874. The maximum absolute atomic E-state index is 13.9. The third kappa shape index (κ3) is 3.81. The number of hydrogen-bond acceptors (Lipinski definition) is 1. The monoisotopic (exact) mass is 415 g/mol. The van der Waals surface area contributed by atoms with Crippen LogP contribution in [0.4, 0.5) is 30.7 Å². The first-order valence-corrected chi connectivity index (χ1v) is 8.27. The molecule has 0 spiro atoms. The van der Waals surface area contributed by atoms with Crippen LogP contribution in [0.5, 0.6) is 0 Å². The third-order valence-corrected chi connectivity index (χ3v) is 4.84. The Morgan fingerprint density at radius 3 is 2.08 bits per heavy atom. The SMILES string of the molecule is Cc1[c]c(C)c(-c2ccccc2Cl)c(SC(F)(F)C(F)(F)C(F)(F)F)c1. The Hall–Kier alpha value is -1.41. The smallest absolute Gasteiger partial charge is 0.188 e. The molecule has 0 bridgehead atoms. The van der Waals surface area contributed by atoms with Gasteiger partial charge < -0.3 is 0 Å². The molecule has 1 radical (unpaired) electrons. The Morgan fingerprint density at radius 2 is 1.54 bits per heavy atom. The van der Waals surface area contributed by atoms with Crippen molar-refractivity contribution >= 4 is 23.4 Å². The van der Waals surface area contributed by atoms with E-state index >= 15 is 0 Å². The van der Waals surface area contributed by atoms with Crippen molar-refractivity contribution in [3.63, 3.8) is 0 Å². The molecule has 0 aromatic heterocycles. The molecule has 141 valence electrons. The molecule has 2 aromatic carbocycles. The van der Waals surface area contributed by atoms with Crippen LogP contribution in [0, 0.1) is 19.9 Å². The summed E-state index contributed by atoms with van der Waals surface area (Å²) in [7, 11) is 0. The molecule has 0 fully saturated rings. The second kappa shape index (κ2) is 6.96. The first kappa shape index (κ1) is 20.9. The van der Waals surface area contributed by atoms with Crippen LogP contribution in [0.1, 0.15) is 11.1 Å². The van der Waals surface area contributed by atoms with E-state index in [1.807, 2.05) is 0 Å². The summed E-state index contributed by atoms with van der Waals surface area (Å²) >= 11 is 5.19. The van der Waals surface area contributed by atoms with Crippen molar-refractivity contribution in [3.05, 3.63) is 52.5 Å². The van der Waals surface area contributed by atoms with Gasteiger partial charge in [0.15, 0.2) is 0 Å². The van der Waals surface area contributed by atoms with Gasteiger partial charge in [-0.05, 0) is 54.9 Å². The average molecular weight is 416 g/mol. The maximum atomic E-state index is 13.9. The lowest BCUT2D eigenvalue weighted by atomic mass is 9.98. The summed E-state index contributed by atoms with van der Waals surface area (Å²) < 4.78 is 91.6. The maximum Gasteiger partial charge on any atom is 0.460 e. The topological polar surface area (TPSA) is 0 Å². The Balaban J connectivity index is 2.63. The fourth-order valence-corrected chi connectivity index (χ4v) is 3.65. The number of halogens is 8. The molecular weight excluding hydrogens is 405 g/mol. The van der Waals surface area contributed by atoms with E-state index in [1.54, 1.807) is 6.07 Å². The molecule has 0 atom stereocenters. The van der Waals surface area contributed by atoms with Gasteiger partial charge in [0.05, 0.1) is 0 Å². The minimum atomic E-state index is -6.39. The van der Waals surface area contributed by atoms with Crippen molar-refractivity contribution in [2.75, 3.05) is 0 Å². The van der Waals surface area contributed by atoms with Crippen molar-refractivity contribution < 1.29 is 30.7 Å². The van der Waals surface area contributed by atoms with Gasteiger partial charge in [0.25, 0.3) is 0 Å². The van der Waals surface area contributed by atoms with Crippen molar-refractivity contribution in [1.82, 2.24) is 0 Å². The summed E-state index contributed by atoms with van der Waals surface area (Å²) in [5, 5.41) is -5.28. The lowest BCUT2D eigenvalue weighted by Gasteiger charge is -2.28. The highest BCUT2D eigenvalue weighted by atomic mass is 35.5. The first-order valence-electron chi connectivity index (χ1n) is 7.07. The van der Waals surface area contributed by atoms with Gasteiger partial charge in [-0.2, -0.15) is 30.7 Å². The molecule has 2 aromatic rings. The van der Waals surface area contributed by atoms with Crippen molar-refractivity contribution in [1.29, 1.82) is 0 Å². The molecule has 0 aliphatic heterocycles. The van der Waals surface area contributed by atoms with Gasteiger partial charge in [0.1, 0.15) is 0 Å². The van der Waals surface area contributed by atoms with Crippen LogP contribution in [0.3, 0.4) is 0 Å². The molecule has 0 aliphatic carbocycles. The lowest BCUT2D eigenvalue weighted by molar-refractivity contribution is -0.330. The molecule has 0 saturated carbocycles. The molecule has 9 heteroatoms. The van der Waals surface area contributed by atoms with Crippen LogP contribution in [0.15, 0.2) is 35.2 Å². The van der Waals surface area contributed by atoms with E-state index in [4.69, 9.17) is 11.6 Å². The molecule has 0 heterocycles. The van der Waals surface area contributed by atoms with E-state index < -0.39 is 34.0 Å². The van der Waals surface area contributed by atoms with E-state index in [0.717, 1.165) is 6.07 Å². The first-order chi connectivity index (χ1) is 11.8. The van der Waals surface area contributed by atoms with Crippen LogP contribution in [0.25, 0.3) is 11.1 Å². The number of rotatable bonds is 4. The van der Waals surface area contributed by atoms with E-state index in [-0.39, 0.29) is 16.1 Å². The number of alkyl halides is 7. The normalized spacial score (nSPS) is 13.2. The summed E-state index contributed by atoms with van der Waals surface area (Å²) in [4.78, 5) is -0.444. The van der Waals surface area contributed by atoms with Crippen LogP contribution < -0.4 is 0 Å². The summed E-state index contributed by atoms with van der Waals surface area (Å²) in [6.07, 6.45) is -6.39. The van der Waals surface area contributed by atoms with Gasteiger partial charge in [-0.3, -0.25) is 0 Å². The summed E-state index contributed by atoms with van der Waals surface area (Å²) in [6.45, 7) is 2.95. The highest BCUT2D eigenvalue weighted by Gasteiger charge is 2.73. The van der Waals surface area contributed by atoms with Crippen molar-refractivity contribution in [2.45, 2.75) is 36.1 Å². The summed E-state index contributed by atoms with van der Waals surface area (Å²) in [5.74, 6) is -6.20. The largest absolute Gasteiger partial charge is 0.460 e. The Kier molecular flexibility index (Phi) is 5.59.